The van der Waals surface area contributed by atoms with Gasteiger partial charge in [-0.2, -0.15) is 0 Å². The van der Waals surface area contributed by atoms with Gasteiger partial charge in [-0.05, 0) is 112 Å². The first-order valence-electron chi connectivity index (χ1n) is 15.4. The zero-order valence-electron chi connectivity index (χ0n) is 24.5. The molecule has 0 aliphatic heterocycles. The number of allylic oxidation sites excluding steroid dienone is 1. The fourth-order valence-electron chi connectivity index (χ4n) is 6.96. The summed E-state index contributed by atoms with van der Waals surface area (Å²) in [5.41, 5.74) is 12.3. The number of halogens is 1. The molecule has 0 saturated carbocycles. The first-order valence-corrected chi connectivity index (χ1v) is 16.6. The van der Waals surface area contributed by atoms with Crippen molar-refractivity contribution in [2.45, 2.75) is 12.8 Å². The molecule has 0 amide bonds. The van der Waals surface area contributed by atoms with E-state index in [9.17, 15) is 0 Å². The Bertz CT molecular complexity index is 2430. The van der Waals surface area contributed by atoms with Crippen molar-refractivity contribution in [3.63, 3.8) is 0 Å². The number of nitrogens with zero attached hydrogens (tertiary/aromatic N) is 1. The molecular formula is C42H28ClNS. The summed E-state index contributed by atoms with van der Waals surface area (Å²) >= 11 is 8.47. The molecule has 0 radical (unpaired) electrons. The Kier molecular flexibility index (Phi) is 6.26. The van der Waals surface area contributed by atoms with Gasteiger partial charge in [0.1, 0.15) is 0 Å². The number of thiophene rings is 1. The van der Waals surface area contributed by atoms with Crippen LogP contribution in [0, 0.1) is 0 Å². The number of aromatic nitrogens is 1. The predicted molar refractivity (Wildman–Crippen MR) is 195 cm³/mol. The second kappa shape index (κ2) is 10.6. The Labute approximate surface area is 271 Å². The summed E-state index contributed by atoms with van der Waals surface area (Å²) in [6.07, 6.45) is 6.78. The van der Waals surface area contributed by atoms with E-state index in [1.807, 2.05) is 23.5 Å². The van der Waals surface area contributed by atoms with Crippen LogP contribution in [0.5, 0.6) is 0 Å². The molecule has 9 rings (SSSR count). The van der Waals surface area contributed by atoms with Crippen LogP contribution in [0.1, 0.15) is 17.7 Å². The summed E-state index contributed by atoms with van der Waals surface area (Å²) in [4.78, 5) is 0. The van der Waals surface area contributed by atoms with Crippen LogP contribution in [0.3, 0.4) is 0 Å². The monoisotopic (exact) mass is 613 g/mol. The van der Waals surface area contributed by atoms with E-state index in [1.54, 1.807) is 0 Å². The minimum atomic E-state index is 0.750. The summed E-state index contributed by atoms with van der Waals surface area (Å²) in [5.74, 6) is 0. The molecule has 0 N–H and O–H groups in total. The van der Waals surface area contributed by atoms with Crippen LogP contribution in [-0.4, -0.2) is 4.57 Å². The zero-order chi connectivity index (χ0) is 29.9. The number of aryl methyl sites for hydroxylation is 1. The van der Waals surface area contributed by atoms with Gasteiger partial charge >= 0.3 is 0 Å². The molecule has 1 aliphatic rings. The number of fused-ring (bicyclic) bond motifs is 6. The third kappa shape index (κ3) is 4.52. The second-order valence-corrected chi connectivity index (χ2v) is 13.3. The lowest BCUT2D eigenvalue weighted by molar-refractivity contribution is 0.967. The van der Waals surface area contributed by atoms with Gasteiger partial charge in [-0.25, -0.2) is 0 Å². The molecule has 3 heteroatoms. The summed E-state index contributed by atoms with van der Waals surface area (Å²) in [5, 5.41) is 4.70. The van der Waals surface area contributed by atoms with Crippen LogP contribution >= 0.6 is 22.9 Å². The molecule has 0 unspecified atom stereocenters. The van der Waals surface area contributed by atoms with E-state index < -0.39 is 0 Å². The van der Waals surface area contributed by atoms with E-state index in [0.717, 1.165) is 29.0 Å². The average Bonchev–Trinajstić information content (AvgIpc) is 3.63. The highest BCUT2D eigenvalue weighted by Gasteiger charge is 2.19. The van der Waals surface area contributed by atoms with Gasteiger partial charge in [0.15, 0.2) is 0 Å². The number of hydrogen-bond donors (Lipinski definition) is 0. The maximum absolute atomic E-state index is 6.62. The topological polar surface area (TPSA) is 4.93 Å². The van der Waals surface area contributed by atoms with Crippen molar-refractivity contribution in [2.24, 2.45) is 0 Å². The van der Waals surface area contributed by atoms with E-state index in [0.29, 0.717) is 0 Å². The van der Waals surface area contributed by atoms with Crippen LogP contribution in [0.25, 0.3) is 76.2 Å². The van der Waals surface area contributed by atoms with Crippen molar-refractivity contribution in [3.05, 3.63) is 156 Å². The maximum Gasteiger partial charge on any atom is 0.0543 e. The fourth-order valence-corrected chi connectivity index (χ4v) is 8.32. The molecule has 214 valence electrons. The third-order valence-corrected chi connectivity index (χ3v) is 10.5. The molecule has 8 aromatic rings. The average molecular weight is 614 g/mol. The molecule has 6 aromatic carbocycles. The summed E-state index contributed by atoms with van der Waals surface area (Å²) < 4.78 is 5.02. The van der Waals surface area contributed by atoms with E-state index in [1.165, 1.54) is 70.3 Å². The van der Waals surface area contributed by atoms with Gasteiger partial charge in [0.2, 0.25) is 0 Å². The molecular weight excluding hydrogens is 586 g/mol. The van der Waals surface area contributed by atoms with Crippen molar-refractivity contribution >= 4 is 60.1 Å². The molecule has 1 aliphatic carbocycles. The Hall–Kier alpha value is -4.89. The number of hydrogen-bond acceptors (Lipinski definition) is 1. The van der Waals surface area contributed by atoms with Crippen LogP contribution in [-0.2, 0) is 6.42 Å². The van der Waals surface area contributed by atoms with Crippen LogP contribution in [0.2, 0.25) is 5.02 Å². The van der Waals surface area contributed by atoms with Crippen LogP contribution < -0.4 is 0 Å². The molecule has 1 nitrogen and oxygen atoms in total. The van der Waals surface area contributed by atoms with Gasteiger partial charge in [-0.15, -0.1) is 11.3 Å². The van der Waals surface area contributed by atoms with E-state index in [2.05, 4.69) is 138 Å². The summed E-state index contributed by atoms with van der Waals surface area (Å²) in [6, 6.07) is 48.3. The van der Waals surface area contributed by atoms with Crippen molar-refractivity contribution < 1.29 is 0 Å². The van der Waals surface area contributed by atoms with E-state index >= 15 is 0 Å². The lowest BCUT2D eigenvalue weighted by Gasteiger charge is -2.12. The highest BCUT2D eigenvalue weighted by molar-refractivity contribution is 7.25. The summed E-state index contributed by atoms with van der Waals surface area (Å²) in [7, 11) is 0. The standard InChI is InChI=1S/C42H28ClNS/c43-33-22-31(27-9-3-1-4-10-27)21-32(23-33)30-16-19-37-38-24-28(17-20-41(38)45-42(37)26-30)29-15-18-36-35-13-7-8-14-39(35)44(40(36)25-29)34-11-5-2-6-12-34/h1-6,8-12,14-26H,7,13H2. The van der Waals surface area contributed by atoms with Gasteiger partial charge < -0.3 is 4.57 Å². The second-order valence-electron chi connectivity index (χ2n) is 11.8. The van der Waals surface area contributed by atoms with Gasteiger partial charge in [-0.1, -0.05) is 96.5 Å². The molecule has 0 spiro atoms. The van der Waals surface area contributed by atoms with Gasteiger partial charge in [0.25, 0.3) is 0 Å². The quantitative estimate of drug-likeness (QED) is 0.186. The molecule has 2 aromatic heterocycles. The lowest BCUT2D eigenvalue weighted by Crippen LogP contribution is -1.99. The predicted octanol–water partition coefficient (Wildman–Crippen LogP) is 12.6. The third-order valence-electron chi connectivity index (χ3n) is 9.11. The molecule has 2 heterocycles. The Morgan fingerprint density at radius 3 is 2.04 bits per heavy atom. The highest BCUT2D eigenvalue weighted by atomic mass is 35.5. The molecule has 0 saturated heterocycles. The zero-order valence-corrected chi connectivity index (χ0v) is 26.1. The Morgan fingerprint density at radius 1 is 0.533 bits per heavy atom. The van der Waals surface area contributed by atoms with Crippen LogP contribution in [0.15, 0.2) is 140 Å². The molecule has 0 atom stereocenters. The molecule has 0 fully saturated rings. The minimum Gasteiger partial charge on any atom is -0.310 e. The minimum absolute atomic E-state index is 0.750. The fraction of sp³-hybridized carbons (Fsp3) is 0.0476. The molecule has 0 bridgehead atoms. The van der Waals surface area contributed by atoms with Gasteiger partial charge in [-0.3, -0.25) is 0 Å². The summed E-state index contributed by atoms with van der Waals surface area (Å²) in [6.45, 7) is 0. The first-order chi connectivity index (χ1) is 22.2. The number of para-hydroxylation sites is 1. The van der Waals surface area contributed by atoms with E-state index in [4.69, 9.17) is 11.6 Å². The van der Waals surface area contributed by atoms with Crippen molar-refractivity contribution in [3.8, 4) is 39.1 Å². The first kappa shape index (κ1) is 26.5. The van der Waals surface area contributed by atoms with Crippen LogP contribution in [0.4, 0.5) is 0 Å². The van der Waals surface area contributed by atoms with Gasteiger partial charge in [0.05, 0.1) is 5.52 Å². The van der Waals surface area contributed by atoms with E-state index in [-0.39, 0.29) is 0 Å². The van der Waals surface area contributed by atoms with Gasteiger partial charge in [0, 0.05) is 42.0 Å². The van der Waals surface area contributed by atoms with Crippen molar-refractivity contribution in [1.29, 1.82) is 0 Å². The normalized spacial score (nSPS) is 12.7. The number of benzene rings is 6. The smallest absolute Gasteiger partial charge is 0.0543 e. The Balaban J connectivity index is 1.14. The highest BCUT2D eigenvalue weighted by Crippen LogP contribution is 2.41. The SMILES string of the molecule is Clc1cc(-c2ccccc2)cc(-c2ccc3c(c2)sc2ccc(-c4ccc5c6c(n(-c7ccccc7)c5c4)C=CCC6)cc23)c1. The maximum atomic E-state index is 6.62. The van der Waals surface area contributed by atoms with Crippen molar-refractivity contribution in [2.75, 3.05) is 0 Å². The lowest BCUT2D eigenvalue weighted by atomic mass is 9.97. The Morgan fingerprint density at radius 2 is 1.22 bits per heavy atom. The van der Waals surface area contributed by atoms with Crippen molar-refractivity contribution in [1.82, 2.24) is 4.57 Å². The largest absolute Gasteiger partial charge is 0.310 e. The number of rotatable bonds is 4. The molecule has 45 heavy (non-hydrogen) atoms.